The lowest BCUT2D eigenvalue weighted by molar-refractivity contribution is -0.121. The van der Waals surface area contributed by atoms with Gasteiger partial charge in [0.05, 0.1) is 13.2 Å². The first-order valence-corrected chi connectivity index (χ1v) is 6.70. The molecule has 0 aliphatic rings. The molecular formula is C15H22N2O3. The molecule has 1 amide bonds. The summed E-state index contributed by atoms with van der Waals surface area (Å²) in [5.74, 6) is 6.43. The summed E-state index contributed by atoms with van der Waals surface area (Å²) in [6.45, 7) is 6.78. The molecule has 0 spiro atoms. The maximum absolute atomic E-state index is 11.0. The Morgan fingerprint density at radius 2 is 2.25 bits per heavy atom. The van der Waals surface area contributed by atoms with Crippen LogP contribution in [0.4, 0.5) is 0 Å². The Bertz CT molecular complexity index is 447. The van der Waals surface area contributed by atoms with Crippen LogP contribution in [0.3, 0.4) is 0 Å². The van der Waals surface area contributed by atoms with Gasteiger partial charge in [-0.3, -0.25) is 10.2 Å². The van der Waals surface area contributed by atoms with E-state index in [0.29, 0.717) is 32.5 Å². The van der Waals surface area contributed by atoms with Crippen molar-refractivity contribution in [1.82, 2.24) is 5.43 Å². The summed E-state index contributed by atoms with van der Waals surface area (Å²) in [7, 11) is 0. The first-order valence-electron chi connectivity index (χ1n) is 6.70. The number of nitrogens with one attached hydrogen (secondary N) is 1. The summed E-state index contributed by atoms with van der Waals surface area (Å²) in [6, 6.07) is 5.71. The topological polar surface area (TPSA) is 73.6 Å². The van der Waals surface area contributed by atoms with E-state index in [2.05, 4.69) is 12.0 Å². The minimum Gasteiger partial charge on any atom is -0.494 e. The predicted molar refractivity (Wildman–Crippen MR) is 78.6 cm³/mol. The van der Waals surface area contributed by atoms with Crippen molar-refractivity contribution >= 4 is 5.91 Å². The molecule has 0 aliphatic heterocycles. The highest BCUT2D eigenvalue weighted by atomic mass is 16.5. The third-order valence-corrected chi connectivity index (χ3v) is 2.67. The third kappa shape index (κ3) is 5.32. The van der Waals surface area contributed by atoms with Gasteiger partial charge in [-0.15, -0.1) is 6.58 Å². The highest BCUT2D eigenvalue weighted by Crippen LogP contribution is 2.25. The Morgan fingerprint density at radius 3 is 2.90 bits per heavy atom. The average molecular weight is 278 g/mol. The molecule has 0 bridgehead atoms. The van der Waals surface area contributed by atoms with E-state index in [9.17, 15) is 4.79 Å². The summed E-state index contributed by atoms with van der Waals surface area (Å²) in [5, 5.41) is 0. The van der Waals surface area contributed by atoms with Gasteiger partial charge in [0.1, 0.15) is 11.5 Å². The SMILES string of the molecule is C=CCc1cc(OCC)ccc1OCCCC(=O)NN. The summed E-state index contributed by atoms with van der Waals surface area (Å²) < 4.78 is 11.2. The Morgan fingerprint density at radius 1 is 1.45 bits per heavy atom. The Kier molecular flexibility index (Phi) is 7.21. The van der Waals surface area contributed by atoms with Gasteiger partial charge in [-0.1, -0.05) is 6.08 Å². The monoisotopic (exact) mass is 278 g/mol. The van der Waals surface area contributed by atoms with Crippen LogP contribution in [0.1, 0.15) is 25.3 Å². The molecule has 0 aromatic heterocycles. The fourth-order valence-electron chi connectivity index (χ4n) is 1.76. The van der Waals surface area contributed by atoms with Gasteiger partial charge in [-0.25, -0.2) is 5.84 Å². The number of benzene rings is 1. The van der Waals surface area contributed by atoms with E-state index in [0.717, 1.165) is 17.1 Å². The zero-order valence-corrected chi connectivity index (χ0v) is 11.9. The number of carbonyl (C=O) groups excluding carboxylic acids is 1. The Labute approximate surface area is 119 Å². The molecule has 0 fully saturated rings. The number of hydrazine groups is 1. The average Bonchev–Trinajstić information content (AvgIpc) is 2.45. The number of allylic oxidation sites excluding steroid dienone is 1. The number of rotatable bonds is 9. The molecule has 110 valence electrons. The summed E-state index contributed by atoms with van der Waals surface area (Å²) in [5.41, 5.74) is 3.11. The fraction of sp³-hybridized carbons (Fsp3) is 0.400. The fourth-order valence-corrected chi connectivity index (χ4v) is 1.76. The van der Waals surface area contributed by atoms with E-state index < -0.39 is 0 Å². The zero-order valence-electron chi connectivity index (χ0n) is 11.9. The van der Waals surface area contributed by atoms with Gasteiger partial charge in [0, 0.05) is 12.0 Å². The van der Waals surface area contributed by atoms with Crippen LogP contribution in [0.15, 0.2) is 30.9 Å². The summed E-state index contributed by atoms with van der Waals surface area (Å²) in [6.07, 6.45) is 3.49. The molecule has 0 unspecified atom stereocenters. The van der Waals surface area contributed by atoms with Crippen molar-refractivity contribution in [1.29, 1.82) is 0 Å². The smallest absolute Gasteiger partial charge is 0.234 e. The van der Waals surface area contributed by atoms with Crippen molar-refractivity contribution in [2.45, 2.75) is 26.2 Å². The van der Waals surface area contributed by atoms with Gasteiger partial charge in [0.25, 0.3) is 0 Å². The van der Waals surface area contributed by atoms with E-state index in [1.54, 1.807) is 0 Å². The molecular weight excluding hydrogens is 256 g/mol. The second-order valence-corrected chi connectivity index (χ2v) is 4.21. The first kappa shape index (κ1) is 16.0. The van der Waals surface area contributed by atoms with Gasteiger partial charge in [-0.2, -0.15) is 0 Å². The minimum absolute atomic E-state index is 0.188. The molecule has 5 nitrogen and oxygen atoms in total. The second kappa shape index (κ2) is 8.98. The molecule has 0 aliphatic carbocycles. The van der Waals surface area contributed by atoms with Crippen LogP contribution in [0.25, 0.3) is 0 Å². The molecule has 0 saturated heterocycles. The van der Waals surface area contributed by atoms with Crippen LogP contribution < -0.4 is 20.7 Å². The third-order valence-electron chi connectivity index (χ3n) is 2.67. The standard InChI is InChI=1S/C15H22N2O3/c1-3-6-12-11-13(19-4-2)8-9-14(12)20-10-5-7-15(18)17-16/h3,8-9,11H,1,4-7,10,16H2,2H3,(H,17,18). The molecule has 20 heavy (non-hydrogen) atoms. The molecule has 0 saturated carbocycles. The number of nitrogens with two attached hydrogens (primary N) is 1. The van der Waals surface area contributed by atoms with Crippen LogP contribution in [-0.4, -0.2) is 19.1 Å². The van der Waals surface area contributed by atoms with Crippen LogP contribution in [0, 0.1) is 0 Å². The molecule has 0 radical (unpaired) electrons. The van der Waals surface area contributed by atoms with Crippen molar-refractivity contribution in [3.05, 3.63) is 36.4 Å². The quantitative estimate of drug-likeness (QED) is 0.238. The highest BCUT2D eigenvalue weighted by molar-refractivity contribution is 5.75. The van der Waals surface area contributed by atoms with E-state index in [4.69, 9.17) is 15.3 Å². The zero-order chi connectivity index (χ0) is 14.8. The number of ether oxygens (including phenoxy) is 2. The highest BCUT2D eigenvalue weighted by Gasteiger charge is 2.06. The Balaban J connectivity index is 2.59. The lowest BCUT2D eigenvalue weighted by Gasteiger charge is -2.12. The second-order valence-electron chi connectivity index (χ2n) is 4.21. The first-order chi connectivity index (χ1) is 9.71. The predicted octanol–water partition coefficient (Wildman–Crippen LogP) is 1.96. The molecule has 1 rings (SSSR count). The summed E-state index contributed by atoms with van der Waals surface area (Å²) >= 11 is 0. The van der Waals surface area contributed by atoms with Crippen LogP contribution in [0.2, 0.25) is 0 Å². The number of amides is 1. The van der Waals surface area contributed by atoms with Crippen LogP contribution in [0.5, 0.6) is 11.5 Å². The van der Waals surface area contributed by atoms with Crippen molar-refractivity contribution < 1.29 is 14.3 Å². The van der Waals surface area contributed by atoms with Gasteiger partial charge in [-0.05, 0) is 38.0 Å². The van der Waals surface area contributed by atoms with Gasteiger partial charge >= 0.3 is 0 Å². The normalized spacial score (nSPS) is 9.90. The molecule has 5 heteroatoms. The molecule has 0 heterocycles. The van der Waals surface area contributed by atoms with E-state index in [1.807, 2.05) is 31.2 Å². The summed E-state index contributed by atoms with van der Waals surface area (Å²) in [4.78, 5) is 11.0. The maximum atomic E-state index is 11.0. The van der Waals surface area contributed by atoms with Crippen molar-refractivity contribution in [3.63, 3.8) is 0 Å². The van der Waals surface area contributed by atoms with Crippen molar-refractivity contribution in [2.75, 3.05) is 13.2 Å². The van der Waals surface area contributed by atoms with Gasteiger partial charge in [0.15, 0.2) is 0 Å². The van der Waals surface area contributed by atoms with Crippen molar-refractivity contribution in [3.8, 4) is 11.5 Å². The molecule has 0 atom stereocenters. The van der Waals surface area contributed by atoms with E-state index in [1.165, 1.54) is 0 Å². The van der Waals surface area contributed by atoms with Crippen molar-refractivity contribution in [2.24, 2.45) is 5.84 Å². The lowest BCUT2D eigenvalue weighted by Crippen LogP contribution is -2.30. The number of carbonyl (C=O) groups is 1. The molecule has 3 N–H and O–H groups in total. The largest absolute Gasteiger partial charge is 0.494 e. The van der Waals surface area contributed by atoms with E-state index in [-0.39, 0.29) is 5.91 Å². The minimum atomic E-state index is -0.188. The number of hydrogen-bond acceptors (Lipinski definition) is 4. The molecule has 1 aromatic carbocycles. The van der Waals surface area contributed by atoms with Crippen LogP contribution >= 0.6 is 0 Å². The molecule has 1 aromatic rings. The Hall–Kier alpha value is -2.01. The van der Waals surface area contributed by atoms with Crippen LogP contribution in [-0.2, 0) is 11.2 Å². The maximum Gasteiger partial charge on any atom is 0.234 e. The van der Waals surface area contributed by atoms with Gasteiger partial charge < -0.3 is 9.47 Å². The lowest BCUT2D eigenvalue weighted by atomic mass is 10.1. The number of hydrogen-bond donors (Lipinski definition) is 2. The van der Waals surface area contributed by atoms with E-state index >= 15 is 0 Å². The van der Waals surface area contributed by atoms with Gasteiger partial charge in [0.2, 0.25) is 5.91 Å².